The minimum atomic E-state index is 0.214. The molecule has 0 radical (unpaired) electrons. The van der Waals surface area contributed by atoms with Crippen LogP contribution in [0.3, 0.4) is 0 Å². The van der Waals surface area contributed by atoms with E-state index in [0.29, 0.717) is 24.2 Å². The number of tetrazole rings is 1. The van der Waals surface area contributed by atoms with Crippen LogP contribution in [0.4, 0.5) is 6.01 Å². The van der Waals surface area contributed by atoms with Gasteiger partial charge in [0, 0.05) is 10.4 Å². The molecule has 3 rings (SSSR count). The fourth-order valence-corrected chi connectivity index (χ4v) is 2.21. The van der Waals surface area contributed by atoms with E-state index in [2.05, 4.69) is 46.9 Å². The van der Waals surface area contributed by atoms with Gasteiger partial charge >= 0.3 is 6.01 Å². The number of aromatic nitrogens is 6. The summed E-state index contributed by atoms with van der Waals surface area (Å²) in [6.45, 7) is 4.38. The normalized spacial score (nSPS) is 11.1. The van der Waals surface area contributed by atoms with Crippen molar-refractivity contribution in [1.82, 2.24) is 30.3 Å². The molecule has 0 unspecified atom stereocenters. The maximum Gasteiger partial charge on any atom is 0.321 e. The predicted molar refractivity (Wildman–Crippen MR) is 82.6 cm³/mol. The number of hydrogen-bond donors (Lipinski definition) is 1. The molecule has 0 spiro atoms. The van der Waals surface area contributed by atoms with Gasteiger partial charge in [0.1, 0.15) is 0 Å². The molecule has 22 heavy (non-hydrogen) atoms. The third-order valence-electron chi connectivity index (χ3n) is 2.94. The van der Waals surface area contributed by atoms with Gasteiger partial charge in [-0.2, -0.15) is 9.67 Å². The molecule has 0 saturated heterocycles. The third kappa shape index (κ3) is 3.14. The average molecular weight is 364 g/mol. The van der Waals surface area contributed by atoms with Crippen molar-refractivity contribution in [1.29, 1.82) is 0 Å². The summed E-state index contributed by atoms with van der Waals surface area (Å²) in [7, 11) is 0. The van der Waals surface area contributed by atoms with Gasteiger partial charge in [0.25, 0.3) is 0 Å². The van der Waals surface area contributed by atoms with E-state index in [1.807, 2.05) is 38.1 Å². The van der Waals surface area contributed by atoms with Gasteiger partial charge in [-0.15, -0.1) is 5.10 Å². The molecule has 9 heteroatoms. The zero-order valence-electron chi connectivity index (χ0n) is 12.1. The van der Waals surface area contributed by atoms with Crippen molar-refractivity contribution >= 4 is 21.9 Å². The van der Waals surface area contributed by atoms with E-state index in [9.17, 15) is 0 Å². The summed E-state index contributed by atoms with van der Waals surface area (Å²) >= 11 is 3.43. The Kier molecular flexibility index (Phi) is 4.14. The number of anilines is 1. The average Bonchev–Trinajstić information content (AvgIpc) is 3.14. The first-order chi connectivity index (χ1) is 10.6. The Morgan fingerprint density at radius 1 is 1.36 bits per heavy atom. The summed E-state index contributed by atoms with van der Waals surface area (Å²) in [5, 5.41) is 18.7. The number of halogens is 1. The number of hydrogen-bond acceptors (Lipinski definition) is 7. The van der Waals surface area contributed by atoms with Gasteiger partial charge < -0.3 is 9.84 Å². The first kappa shape index (κ1) is 14.6. The molecule has 0 amide bonds. The van der Waals surface area contributed by atoms with E-state index in [1.165, 1.54) is 0 Å². The third-order valence-corrected chi connectivity index (χ3v) is 3.44. The molecular formula is C13H14BrN7O. The molecule has 0 atom stereocenters. The van der Waals surface area contributed by atoms with Crippen LogP contribution >= 0.6 is 15.9 Å². The summed E-state index contributed by atoms with van der Waals surface area (Å²) in [5.41, 5.74) is 0.865. The van der Waals surface area contributed by atoms with Crippen LogP contribution in [0.1, 0.15) is 31.4 Å². The van der Waals surface area contributed by atoms with Crippen molar-refractivity contribution in [3.05, 3.63) is 40.4 Å². The molecule has 0 aliphatic rings. The van der Waals surface area contributed by atoms with Crippen LogP contribution in [0.25, 0.3) is 5.69 Å². The van der Waals surface area contributed by atoms with Crippen LogP contribution in [0.15, 0.2) is 33.3 Å². The van der Waals surface area contributed by atoms with Gasteiger partial charge in [0.05, 0.1) is 12.2 Å². The summed E-state index contributed by atoms with van der Waals surface area (Å²) in [4.78, 5) is 4.25. The SMILES string of the molecule is CC(C)c1noc(NCc2nnnn2-c2cccc(Br)c2)n1. The van der Waals surface area contributed by atoms with Crippen molar-refractivity contribution in [3.8, 4) is 5.69 Å². The first-order valence-electron chi connectivity index (χ1n) is 6.74. The highest BCUT2D eigenvalue weighted by atomic mass is 79.9. The van der Waals surface area contributed by atoms with Crippen molar-refractivity contribution in [2.75, 3.05) is 5.32 Å². The fraction of sp³-hybridized carbons (Fsp3) is 0.308. The minimum Gasteiger partial charge on any atom is -0.330 e. The second kappa shape index (κ2) is 6.22. The van der Waals surface area contributed by atoms with E-state index in [0.717, 1.165) is 10.2 Å². The monoisotopic (exact) mass is 363 g/mol. The summed E-state index contributed by atoms with van der Waals surface area (Å²) in [5.74, 6) is 1.52. The van der Waals surface area contributed by atoms with Gasteiger partial charge in [0.15, 0.2) is 11.6 Å². The molecule has 2 heterocycles. The molecule has 3 aromatic rings. The van der Waals surface area contributed by atoms with Crippen LogP contribution in [-0.4, -0.2) is 30.3 Å². The van der Waals surface area contributed by atoms with E-state index < -0.39 is 0 Å². The molecule has 0 fully saturated rings. The lowest BCUT2D eigenvalue weighted by Gasteiger charge is -2.04. The van der Waals surface area contributed by atoms with Crippen molar-refractivity contribution < 1.29 is 4.52 Å². The van der Waals surface area contributed by atoms with Crippen molar-refractivity contribution in [2.24, 2.45) is 0 Å². The Balaban J connectivity index is 1.75. The second-order valence-corrected chi connectivity index (χ2v) is 5.87. The lowest BCUT2D eigenvalue weighted by molar-refractivity contribution is 0.418. The Morgan fingerprint density at radius 3 is 2.95 bits per heavy atom. The largest absolute Gasteiger partial charge is 0.330 e. The standard InChI is InChI=1S/C13H14BrN7O/c1-8(2)12-16-13(22-18-12)15-7-11-17-19-20-21(11)10-5-3-4-9(14)6-10/h3-6,8H,7H2,1-2H3,(H,15,16,18). The van der Waals surface area contributed by atoms with Crippen LogP contribution in [0.2, 0.25) is 0 Å². The zero-order valence-corrected chi connectivity index (χ0v) is 13.6. The maximum absolute atomic E-state index is 5.13. The van der Waals surface area contributed by atoms with Gasteiger partial charge in [-0.25, -0.2) is 0 Å². The number of benzene rings is 1. The highest BCUT2D eigenvalue weighted by molar-refractivity contribution is 9.10. The Labute approximate surface area is 135 Å². The number of rotatable bonds is 5. The number of nitrogens with zero attached hydrogens (tertiary/aromatic N) is 6. The smallest absolute Gasteiger partial charge is 0.321 e. The summed E-state index contributed by atoms with van der Waals surface area (Å²) < 4.78 is 7.74. The van der Waals surface area contributed by atoms with Gasteiger partial charge in [-0.3, -0.25) is 0 Å². The predicted octanol–water partition coefficient (Wildman–Crippen LogP) is 2.54. The minimum absolute atomic E-state index is 0.214. The Morgan fingerprint density at radius 2 is 2.23 bits per heavy atom. The maximum atomic E-state index is 5.13. The second-order valence-electron chi connectivity index (χ2n) is 4.95. The fourth-order valence-electron chi connectivity index (χ4n) is 1.82. The van der Waals surface area contributed by atoms with Gasteiger partial charge in [-0.05, 0) is 28.6 Å². The molecule has 0 aliphatic heterocycles. The molecule has 0 aliphatic carbocycles. The summed E-state index contributed by atoms with van der Waals surface area (Å²) in [6, 6.07) is 8.08. The van der Waals surface area contributed by atoms with E-state index >= 15 is 0 Å². The lowest BCUT2D eigenvalue weighted by atomic mass is 10.2. The molecule has 114 valence electrons. The van der Waals surface area contributed by atoms with Crippen molar-refractivity contribution in [3.63, 3.8) is 0 Å². The molecule has 1 aromatic carbocycles. The molecular weight excluding hydrogens is 350 g/mol. The molecule has 1 N–H and O–H groups in total. The summed E-state index contributed by atoms with van der Waals surface area (Å²) in [6.07, 6.45) is 0. The number of nitrogens with one attached hydrogen (secondary N) is 1. The van der Waals surface area contributed by atoms with E-state index in [4.69, 9.17) is 4.52 Å². The quantitative estimate of drug-likeness (QED) is 0.743. The molecule has 0 saturated carbocycles. The highest BCUT2D eigenvalue weighted by Crippen LogP contribution is 2.16. The van der Waals surface area contributed by atoms with Crippen LogP contribution in [0, 0.1) is 0 Å². The lowest BCUT2D eigenvalue weighted by Crippen LogP contribution is -2.09. The van der Waals surface area contributed by atoms with Crippen LogP contribution in [0.5, 0.6) is 0 Å². The highest BCUT2D eigenvalue weighted by Gasteiger charge is 2.12. The zero-order chi connectivity index (χ0) is 15.5. The Hall–Kier alpha value is -2.29. The molecule has 2 aromatic heterocycles. The van der Waals surface area contributed by atoms with E-state index in [-0.39, 0.29) is 5.92 Å². The molecule has 0 bridgehead atoms. The Bertz CT molecular complexity index is 767. The topological polar surface area (TPSA) is 94.5 Å². The molecule has 8 nitrogen and oxygen atoms in total. The van der Waals surface area contributed by atoms with Gasteiger partial charge in [-0.1, -0.05) is 41.0 Å². The van der Waals surface area contributed by atoms with Crippen LogP contribution < -0.4 is 5.32 Å². The van der Waals surface area contributed by atoms with E-state index in [1.54, 1.807) is 4.68 Å². The van der Waals surface area contributed by atoms with Crippen molar-refractivity contribution in [2.45, 2.75) is 26.3 Å². The first-order valence-corrected chi connectivity index (χ1v) is 7.53. The van der Waals surface area contributed by atoms with Gasteiger partial charge in [0.2, 0.25) is 0 Å². The van der Waals surface area contributed by atoms with Crippen LogP contribution in [-0.2, 0) is 6.54 Å².